The van der Waals surface area contributed by atoms with Crippen LogP contribution in [-0.2, 0) is 5.54 Å². The molecule has 44 heavy (non-hydrogen) atoms. The van der Waals surface area contributed by atoms with Crippen LogP contribution in [0.2, 0.25) is 0 Å². The molecule has 0 aliphatic heterocycles. The first-order valence-corrected chi connectivity index (χ1v) is 14.2. The van der Waals surface area contributed by atoms with Gasteiger partial charge in [-0.1, -0.05) is 12.1 Å². The molecule has 10 heteroatoms. The average Bonchev–Trinajstić information content (AvgIpc) is 3.74. The number of anilines is 1. The molecule has 1 saturated carbocycles. The number of halogens is 1. The molecule has 6 rings (SSSR count). The predicted molar refractivity (Wildman–Crippen MR) is 166 cm³/mol. The fourth-order valence-electron chi connectivity index (χ4n) is 5.03. The van der Waals surface area contributed by atoms with Gasteiger partial charge in [0, 0.05) is 47.1 Å². The van der Waals surface area contributed by atoms with Crippen molar-refractivity contribution in [2.45, 2.75) is 25.3 Å². The highest BCUT2D eigenvalue weighted by Crippen LogP contribution is 2.44. The molecule has 1 amide bonds. The van der Waals surface area contributed by atoms with E-state index in [1.165, 1.54) is 17.0 Å². The third kappa shape index (κ3) is 5.91. The number of aldehydes is 1. The zero-order chi connectivity index (χ0) is 31.3. The summed E-state index contributed by atoms with van der Waals surface area (Å²) >= 11 is 0. The van der Waals surface area contributed by atoms with Crippen molar-refractivity contribution in [3.05, 3.63) is 102 Å². The van der Waals surface area contributed by atoms with Gasteiger partial charge in [-0.05, 0) is 88.0 Å². The Kier molecular flexibility index (Phi) is 8.78. The van der Waals surface area contributed by atoms with Crippen LogP contribution in [0.15, 0.2) is 83.5 Å². The van der Waals surface area contributed by atoms with Gasteiger partial charge >= 0.3 is 0 Å². The molecule has 222 valence electrons. The van der Waals surface area contributed by atoms with Gasteiger partial charge in [0.15, 0.2) is 18.3 Å². The van der Waals surface area contributed by atoms with Crippen LogP contribution in [0.5, 0.6) is 0 Å². The third-order valence-electron chi connectivity index (χ3n) is 7.33. The highest BCUT2D eigenvalue weighted by molar-refractivity contribution is 6.06. The lowest BCUT2D eigenvalue weighted by molar-refractivity contribution is 0.0928. The predicted octanol–water partition coefficient (Wildman–Crippen LogP) is 6.07. The van der Waals surface area contributed by atoms with E-state index in [0.29, 0.717) is 68.9 Å². The number of fused-ring (bicyclic) bond motifs is 1. The van der Waals surface area contributed by atoms with Crippen molar-refractivity contribution in [3.63, 3.8) is 0 Å². The zero-order valence-corrected chi connectivity index (χ0v) is 24.6. The number of carbonyl (C=O) groups excluding carboxylic acids is 2. The van der Waals surface area contributed by atoms with Crippen LogP contribution in [-0.4, -0.2) is 42.8 Å². The number of aromatic nitrogens is 2. The fraction of sp³-hybridized carbons (Fsp3) is 0.206. The molecule has 9 nitrogen and oxygen atoms in total. The zero-order valence-electron chi connectivity index (χ0n) is 24.6. The topological polar surface area (TPSA) is 124 Å². The Morgan fingerprint density at radius 3 is 2.39 bits per heavy atom. The lowest BCUT2D eigenvalue weighted by Crippen LogP contribution is -2.36. The summed E-state index contributed by atoms with van der Waals surface area (Å²) in [5.41, 5.74) is 3.03. The van der Waals surface area contributed by atoms with E-state index in [1.807, 2.05) is 27.1 Å². The molecule has 0 saturated heterocycles. The highest BCUT2D eigenvalue weighted by atomic mass is 19.1. The van der Waals surface area contributed by atoms with Crippen molar-refractivity contribution in [1.29, 1.82) is 5.26 Å². The van der Waals surface area contributed by atoms with Crippen LogP contribution in [0.4, 0.5) is 10.1 Å². The van der Waals surface area contributed by atoms with Gasteiger partial charge in [-0.25, -0.2) is 14.4 Å². The van der Waals surface area contributed by atoms with Crippen molar-refractivity contribution in [2.24, 2.45) is 0 Å². The monoisotopic (exact) mass is 590 g/mol. The first-order chi connectivity index (χ1) is 21.4. The number of carbonyl (C=O) groups is 2. The van der Waals surface area contributed by atoms with Crippen LogP contribution >= 0.6 is 0 Å². The SMILES string of the molecule is CCN(C#N)c1cc2oc(-c3ccc(F)cc3)c(C=O)c2cc1-c1cccc(C(=O)NC2(c3ncccn3)CC2)c1.CNC. The maximum Gasteiger partial charge on any atom is 0.252 e. The maximum absolute atomic E-state index is 13.5. The number of hydrogen-bond acceptors (Lipinski definition) is 8. The van der Waals surface area contributed by atoms with Crippen LogP contribution in [0.3, 0.4) is 0 Å². The molecule has 0 unspecified atom stereocenters. The Hall–Kier alpha value is -5.40. The molecule has 2 aromatic heterocycles. The molecule has 1 aliphatic rings. The van der Waals surface area contributed by atoms with Gasteiger partial charge < -0.3 is 15.1 Å². The third-order valence-corrected chi connectivity index (χ3v) is 7.33. The second-order valence-corrected chi connectivity index (χ2v) is 10.4. The van der Waals surface area contributed by atoms with Crippen molar-refractivity contribution < 1.29 is 18.4 Å². The average molecular weight is 591 g/mol. The van der Waals surface area contributed by atoms with E-state index in [4.69, 9.17) is 4.42 Å². The summed E-state index contributed by atoms with van der Waals surface area (Å²) in [6.45, 7) is 2.24. The summed E-state index contributed by atoms with van der Waals surface area (Å²) in [6, 6.07) is 18.0. The van der Waals surface area contributed by atoms with Crippen LogP contribution < -0.4 is 15.5 Å². The van der Waals surface area contributed by atoms with Crippen molar-refractivity contribution >= 4 is 28.8 Å². The largest absolute Gasteiger partial charge is 0.455 e. The first-order valence-electron chi connectivity index (χ1n) is 14.2. The van der Waals surface area contributed by atoms with E-state index in [0.717, 1.165) is 12.8 Å². The molecule has 2 N–H and O–H groups in total. The van der Waals surface area contributed by atoms with E-state index in [9.17, 15) is 19.2 Å². The lowest BCUT2D eigenvalue weighted by Gasteiger charge is -2.19. The highest BCUT2D eigenvalue weighted by Gasteiger charge is 2.48. The summed E-state index contributed by atoms with van der Waals surface area (Å²) < 4.78 is 19.6. The number of nitrogens with one attached hydrogen (secondary N) is 2. The number of nitrogens with zero attached hydrogens (tertiary/aromatic N) is 4. The fourth-order valence-corrected chi connectivity index (χ4v) is 5.03. The number of nitriles is 1. The second-order valence-electron chi connectivity index (χ2n) is 10.4. The smallest absolute Gasteiger partial charge is 0.252 e. The summed E-state index contributed by atoms with van der Waals surface area (Å²) in [5, 5.41) is 16.3. The minimum atomic E-state index is -0.579. The number of benzene rings is 3. The molecule has 1 aliphatic carbocycles. The number of amides is 1. The standard InChI is InChI=1S/C32H24FN5O3.C2H7N/c1-2-38(19-34)27-17-28-25(26(18-39)29(41-28)20-7-9-23(33)10-8-20)16-24(27)21-5-3-6-22(15-21)30(40)37-32(11-12-32)31-35-13-4-14-36-31;1-3-2/h3-10,13-18H,2,11-12H2,1H3,(H,37,40);3H,1-2H3. The molecule has 0 radical (unpaired) electrons. The Balaban J connectivity index is 0.00000123. The van der Waals surface area contributed by atoms with Crippen LogP contribution in [0.25, 0.3) is 33.4 Å². The van der Waals surface area contributed by atoms with Crippen LogP contribution in [0.1, 0.15) is 46.3 Å². The van der Waals surface area contributed by atoms with Gasteiger partial charge in [-0.3, -0.25) is 14.5 Å². The van der Waals surface area contributed by atoms with Crippen molar-refractivity contribution in [2.75, 3.05) is 25.5 Å². The number of hydrogen-bond donors (Lipinski definition) is 2. The van der Waals surface area contributed by atoms with Gasteiger partial charge in [-0.2, -0.15) is 5.26 Å². The molecule has 3 aromatic carbocycles. The summed E-state index contributed by atoms with van der Waals surface area (Å²) in [7, 11) is 3.75. The van der Waals surface area contributed by atoms with E-state index in [-0.39, 0.29) is 5.91 Å². The van der Waals surface area contributed by atoms with E-state index < -0.39 is 11.4 Å². The van der Waals surface area contributed by atoms with Crippen LogP contribution in [0, 0.1) is 17.3 Å². The Bertz CT molecular complexity index is 1840. The van der Waals surface area contributed by atoms with E-state index in [2.05, 4.69) is 26.8 Å². The molecular weight excluding hydrogens is 559 g/mol. The second kappa shape index (κ2) is 12.9. The molecule has 1 fully saturated rings. The van der Waals surface area contributed by atoms with E-state index in [1.54, 1.807) is 60.9 Å². The quantitative estimate of drug-likeness (QED) is 0.127. The Morgan fingerprint density at radius 2 is 1.77 bits per heavy atom. The van der Waals surface area contributed by atoms with Crippen molar-refractivity contribution in [1.82, 2.24) is 20.6 Å². The van der Waals surface area contributed by atoms with Gasteiger partial charge in [0.1, 0.15) is 22.7 Å². The molecule has 5 aromatic rings. The lowest BCUT2D eigenvalue weighted by atomic mass is 9.97. The van der Waals surface area contributed by atoms with Gasteiger partial charge in [0.2, 0.25) is 0 Å². The number of furan rings is 1. The molecule has 0 bridgehead atoms. The summed E-state index contributed by atoms with van der Waals surface area (Å²) in [5.74, 6) is 0.234. The Morgan fingerprint density at radius 1 is 1.07 bits per heavy atom. The molecule has 2 heterocycles. The first kappa shape index (κ1) is 30.1. The van der Waals surface area contributed by atoms with Gasteiger partial charge in [0.25, 0.3) is 5.91 Å². The van der Waals surface area contributed by atoms with E-state index >= 15 is 0 Å². The Labute approximate surface area is 254 Å². The number of rotatable bonds is 8. The normalized spacial score (nSPS) is 12.9. The summed E-state index contributed by atoms with van der Waals surface area (Å²) in [4.78, 5) is 35.8. The van der Waals surface area contributed by atoms with Crippen molar-refractivity contribution in [3.8, 4) is 28.6 Å². The molecular formula is C34H31FN6O3. The van der Waals surface area contributed by atoms with Gasteiger partial charge in [-0.15, -0.1) is 0 Å². The minimum absolute atomic E-state index is 0.262. The molecule has 0 atom stereocenters. The summed E-state index contributed by atoms with van der Waals surface area (Å²) in [6.07, 6.45) is 7.73. The van der Waals surface area contributed by atoms with Gasteiger partial charge in [0.05, 0.1) is 11.3 Å². The minimum Gasteiger partial charge on any atom is -0.455 e. The molecule has 0 spiro atoms. The maximum atomic E-state index is 13.5.